The van der Waals surface area contributed by atoms with Crippen molar-refractivity contribution in [2.75, 3.05) is 5.32 Å². The Morgan fingerprint density at radius 1 is 1.16 bits per heavy atom. The predicted octanol–water partition coefficient (Wildman–Crippen LogP) is 4.63. The molecule has 1 atom stereocenters. The molecule has 0 fully saturated rings. The molecule has 1 aliphatic carbocycles. The first-order valence-corrected chi connectivity index (χ1v) is 8.99. The van der Waals surface area contributed by atoms with Crippen LogP contribution in [0.5, 0.6) is 5.75 Å². The first-order chi connectivity index (χ1) is 12.0. The molecule has 0 spiro atoms. The summed E-state index contributed by atoms with van der Waals surface area (Å²) < 4.78 is 0. The Labute approximate surface area is 150 Å². The molecule has 0 saturated carbocycles. The number of nitrogens with zero attached hydrogens (tertiary/aromatic N) is 1. The monoisotopic (exact) mass is 350 g/mol. The molecular formula is C20H18N2O2S. The highest BCUT2D eigenvalue weighted by molar-refractivity contribution is 7.13. The lowest BCUT2D eigenvalue weighted by atomic mass is 9.73. The minimum absolute atomic E-state index is 0.0848. The Balaban J connectivity index is 1.81. The number of amides is 1. The zero-order valence-electron chi connectivity index (χ0n) is 14.0. The normalized spacial score (nSPS) is 15.5. The fourth-order valence-electron chi connectivity index (χ4n) is 3.65. The van der Waals surface area contributed by atoms with Crippen molar-refractivity contribution in [2.24, 2.45) is 5.41 Å². The summed E-state index contributed by atoms with van der Waals surface area (Å²) in [6, 6.07) is 13.5. The number of carbonyl (C=O) groups excluding carboxylic acids is 1. The number of phenols is 1. The smallest absolute Gasteiger partial charge is 0.232 e. The minimum Gasteiger partial charge on any atom is -0.508 e. The van der Waals surface area contributed by atoms with Crippen LogP contribution >= 0.6 is 11.3 Å². The van der Waals surface area contributed by atoms with Gasteiger partial charge in [0.25, 0.3) is 0 Å². The largest absolute Gasteiger partial charge is 0.508 e. The third kappa shape index (κ3) is 2.51. The molecule has 1 aromatic heterocycles. The molecule has 0 radical (unpaired) electrons. The van der Waals surface area contributed by atoms with Gasteiger partial charge in [-0.2, -0.15) is 0 Å². The third-order valence-corrected chi connectivity index (χ3v) is 5.56. The van der Waals surface area contributed by atoms with Crippen LogP contribution < -0.4 is 5.32 Å². The van der Waals surface area contributed by atoms with Crippen molar-refractivity contribution in [1.29, 1.82) is 0 Å². The van der Waals surface area contributed by atoms with E-state index in [0.717, 1.165) is 22.3 Å². The molecule has 3 aromatic rings. The van der Waals surface area contributed by atoms with Crippen LogP contribution in [0.3, 0.4) is 0 Å². The van der Waals surface area contributed by atoms with E-state index in [4.69, 9.17) is 0 Å². The molecular weight excluding hydrogens is 332 g/mol. The summed E-state index contributed by atoms with van der Waals surface area (Å²) in [4.78, 5) is 17.2. The number of hydrogen-bond donors (Lipinski definition) is 2. The standard InChI is InChI=1S/C20H18N2O2S/c1-20(2,18(24)22-19-21-9-10-25-19)17-15-6-4-3-5-13(15)14-8-7-12(23)11-16(14)17/h3-11,17,23H,1-2H3,(H,21,22,24). The van der Waals surface area contributed by atoms with E-state index in [-0.39, 0.29) is 17.6 Å². The van der Waals surface area contributed by atoms with Crippen LogP contribution in [-0.2, 0) is 4.79 Å². The lowest BCUT2D eigenvalue weighted by molar-refractivity contribution is -0.124. The van der Waals surface area contributed by atoms with E-state index in [1.165, 1.54) is 11.3 Å². The Morgan fingerprint density at radius 3 is 2.68 bits per heavy atom. The van der Waals surface area contributed by atoms with E-state index in [0.29, 0.717) is 5.13 Å². The molecule has 1 amide bonds. The summed E-state index contributed by atoms with van der Waals surface area (Å²) in [5.41, 5.74) is 3.59. The van der Waals surface area contributed by atoms with Crippen LogP contribution in [-0.4, -0.2) is 16.0 Å². The number of nitrogens with one attached hydrogen (secondary N) is 1. The Hall–Kier alpha value is -2.66. The number of hydrogen-bond acceptors (Lipinski definition) is 4. The van der Waals surface area contributed by atoms with Gasteiger partial charge >= 0.3 is 0 Å². The van der Waals surface area contributed by atoms with Gasteiger partial charge in [-0.25, -0.2) is 4.98 Å². The van der Waals surface area contributed by atoms with Gasteiger partial charge in [-0.1, -0.05) is 44.2 Å². The van der Waals surface area contributed by atoms with Crippen molar-refractivity contribution in [1.82, 2.24) is 4.98 Å². The van der Waals surface area contributed by atoms with E-state index >= 15 is 0 Å². The number of benzene rings is 2. The summed E-state index contributed by atoms with van der Waals surface area (Å²) in [7, 11) is 0. The van der Waals surface area contributed by atoms with Gasteiger partial charge in [0.05, 0.1) is 5.41 Å². The maximum Gasteiger partial charge on any atom is 0.232 e. The van der Waals surface area contributed by atoms with Crippen molar-refractivity contribution < 1.29 is 9.90 Å². The van der Waals surface area contributed by atoms with Crippen molar-refractivity contribution in [3.63, 3.8) is 0 Å². The number of aromatic nitrogens is 1. The number of aromatic hydroxyl groups is 1. The second-order valence-corrected chi connectivity index (χ2v) is 7.70. The van der Waals surface area contributed by atoms with Gasteiger partial charge in [-0.3, -0.25) is 4.79 Å². The molecule has 1 heterocycles. The van der Waals surface area contributed by atoms with Gasteiger partial charge in [0.15, 0.2) is 5.13 Å². The number of anilines is 1. The average Bonchev–Trinajstić information content (AvgIpc) is 3.19. The highest BCUT2D eigenvalue weighted by Gasteiger charge is 2.44. The molecule has 1 unspecified atom stereocenters. The van der Waals surface area contributed by atoms with E-state index in [2.05, 4.69) is 22.4 Å². The molecule has 2 N–H and O–H groups in total. The molecule has 0 aliphatic heterocycles. The quantitative estimate of drug-likeness (QED) is 0.724. The van der Waals surface area contributed by atoms with Crippen molar-refractivity contribution in [2.45, 2.75) is 19.8 Å². The van der Waals surface area contributed by atoms with Crippen LogP contribution in [0.25, 0.3) is 11.1 Å². The molecule has 0 bridgehead atoms. The third-order valence-electron chi connectivity index (χ3n) is 4.87. The number of thiazole rings is 1. The summed E-state index contributed by atoms with van der Waals surface area (Å²) in [6.45, 7) is 3.88. The molecule has 4 rings (SSSR count). The average molecular weight is 350 g/mol. The fourth-order valence-corrected chi connectivity index (χ4v) is 4.17. The second kappa shape index (κ2) is 5.70. The zero-order valence-corrected chi connectivity index (χ0v) is 14.8. The first kappa shape index (κ1) is 15.8. The summed E-state index contributed by atoms with van der Waals surface area (Å²) in [5.74, 6) is -0.00287. The van der Waals surface area contributed by atoms with E-state index < -0.39 is 5.41 Å². The van der Waals surface area contributed by atoms with Crippen molar-refractivity contribution in [3.8, 4) is 16.9 Å². The lowest BCUT2D eigenvalue weighted by Crippen LogP contribution is -2.36. The number of fused-ring (bicyclic) bond motifs is 3. The molecule has 1 aliphatic rings. The Kier molecular flexibility index (Phi) is 3.62. The molecule has 4 nitrogen and oxygen atoms in total. The maximum atomic E-state index is 13.0. The van der Waals surface area contributed by atoms with E-state index in [1.807, 2.05) is 37.4 Å². The number of phenolic OH excluding ortho intramolecular Hbond substituents is 1. The first-order valence-electron chi connectivity index (χ1n) is 8.11. The fraction of sp³-hybridized carbons (Fsp3) is 0.200. The molecule has 2 aromatic carbocycles. The van der Waals surface area contributed by atoms with Gasteiger partial charge < -0.3 is 10.4 Å². The van der Waals surface area contributed by atoms with Crippen molar-refractivity contribution in [3.05, 3.63) is 65.2 Å². The van der Waals surface area contributed by atoms with Gasteiger partial charge in [0, 0.05) is 17.5 Å². The van der Waals surface area contributed by atoms with Gasteiger partial charge in [-0.05, 0) is 34.4 Å². The van der Waals surface area contributed by atoms with Gasteiger partial charge in [0.1, 0.15) is 5.75 Å². The number of carbonyl (C=O) groups is 1. The Morgan fingerprint density at radius 2 is 1.92 bits per heavy atom. The van der Waals surface area contributed by atoms with Crippen LogP contribution in [0.2, 0.25) is 0 Å². The van der Waals surface area contributed by atoms with Crippen LogP contribution in [0.4, 0.5) is 5.13 Å². The molecule has 25 heavy (non-hydrogen) atoms. The SMILES string of the molecule is CC(C)(C(=O)Nc1nccs1)C1c2ccccc2-c2ccc(O)cc21. The lowest BCUT2D eigenvalue weighted by Gasteiger charge is -2.31. The van der Waals surface area contributed by atoms with E-state index in [9.17, 15) is 9.90 Å². The summed E-state index contributed by atoms with van der Waals surface area (Å²) >= 11 is 1.40. The highest BCUT2D eigenvalue weighted by atomic mass is 32.1. The summed E-state index contributed by atoms with van der Waals surface area (Å²) in [6.07, 6.45) is 1.67. The predicted molar refractivity (Wildman–Crippen MR) is 99.9 cm³/mol. The highest BCUT2D eigenvalue weighted by Crippen LogP contribution is 2.53. The molecule has 0 saturated heterocycles. The van der Waals surface area contributed by atoms with Crippen LogP contribution in [0.15, 0.2) is 54.0 Å². The topological polar surface area (TPSA) is 62.2 Å². The molecule has 126 valence electrons. The number of rotatable bonds is 3. The maximum absolute atomic E-state index is 13.0. The van der Waals surface area contributed by atoms with Crippen molar-refractivity contribution >= 4 is 22.4 Å². The van der Waals surface area contributed by atoms with E-state index in [1.54, 1.807) is 18.3 Å². The van der Waals surface area contributed by atoms with Gasteiger partial charge in [0.2, 0.25) is 5.91 Å². The Bertz CT molecular complexity index is 948. The zero-order chi connectivity index (χ0) is 17.6. The van der Waals surface area contributed by atoms with Crippen LogP contribution in [0.1, 0.15) is 30.9 Å². The summed E-state index contributed by atoms with van der Waals surface area (Å²) in [5, 5.41) is 15.3. The van der Waals surface area contributed by atoms with Crippen LogP contribution in [0, 0.1) is 5.41 Å². The van der Waals surface area contributed by atoms with Gasteiger partial charge in [-0.15, -0.1) is 11.3 Å². The molecule has 5 heteroatoms. The second-order valence-electron chi connectivity index (χ2n) is 6.80. The minimum atomic E-state index is -0.708.